The number of phenolic OH excluding ortho intramolecular Hbond substituents is 1. The molecule has 22 heavy (non-hydrogen) atoms. The van der Waals surface area contributed by atoms with E-state index < -0.39 is 0 Å². The van der Waals surface area contributed by atoms with Crippen LogP contribution in [-0.4, -0.2) is 5.11 Å². The predicted octanol–water partition coefficient (Wildman–Crippen LogP) is 5.51. The molecule has 2 aromatic carbocycles. The minimum atomic E-state index is 0. The van der Waals surface area contributed by atoms with Gasteiger partial charge in [0.25, 0.3) is 0 Å². The molecular formula is C18H19Cl2OTi-. The molecule has 0 bridgehead atoms. The molecule has 2 aromatic rings. The summed E-state index contributed by atoms with van der Waals surface area (Å²) in [7, 11) is 0. The van der Waals surface area contributed by atoms with E-state index in [1.165, 1.54) is 0 Å². The summed E-state index contributed by atoms with van der Waals surface area (Å²) in [6.07, 6.45) is 10.0. The third-order valence-electron chi connectivity index (χ3n) is 2.76. The average molecular weight is 370 g/mol. The first kappa shape index (κ1) is 23.3. The van der Waals surface area contributed by atoms with E-state index in [1.54, 1.807) is 12.1 Å². The number of benzene rings is 2. The van der Waals surface area contributed by atoms with Gasteiger partial charge in [0.2, 0.25) is 0 Å². The molecule has 1 nitrogen and oxygen atoms in total. The monoisotopic (exact) mass is 369 g/mol. The first-order valence-corrected chi connectivity index (χ1v) is 6.33. The van der Waals surface area contributed by atoms with Gasteiger partial charge in [0, 0.05) is 21.7 Å². The Morgan fingerprint density at radius 3 is 2.09 bits per heavy atom. The van der Waals surface area contributed by atoms with Crippen LogP contribution in [0.5, 0.6) is 5.75 Å². The van der Waals surface area contributed by atoms with E-state index in [-0.39, 0.29) is 46.5 Å². The van der Waals surface area contributed by atoms with Gasteiger partial charge in [0.1, 0.15) is 5.75 Å². The SMILES string of the molecule is Cc1cc(O)cc(-c2ccccc2)c1.Cl.Cl.[C-]1=CC=CC1.[Ti]. The first-order chi connectivity index (χ1) is 9.25. The Balaban J connectivity index is 0. The van der Waals surface area contributed by atoms with Gasteiger partial charge >= 0.3 is 0 Å². The van der Waals surface area contributed by atoms with E-state index in [0.29, 0.717) is 5.75 Å². The largest absolute Gasteiger partial charge is 0.508 e. The Hall–Kier alpha value is -0.986. The molecule has 1 aliphatic carbocycles. The molecule has 0 saturated carbocycles. The second-order valence-corrected chi connectivity index (χ2v) is 4.43. The number of hydrogen-bond donors (Lipinski definition) is 1. The number of phenols is 1. The van der Waals surface area contributed by atoms with Gasteiger partial charge < -0.3 is 5.11 Å². The van der Waals surface area contributed by atoms with E-state index in [1.807, 2.05) is 49.4 Å². The van der Waals surface area contributed by atoms with Crippen LogP contribution in [0.15, 0.2) is 66.8 Å². The summed E-state index contributed by atoms with van der Waals surface area (Å²) in [6.45, 7) is 1.98. The second-order valence-electron chi connectivity index (χ2n) is 4.43. The summed E-state index contributed by atoms with van der Waals surface area (Å²) in [5, 5.41) is 9.46. The van der Waals surface area contributed by atoms with Gasteiger partial charge in [-0.25, -0.2) is 12.2 Å². The summed E-state index contributed by atoms with van der Waals surface area (Å²) >= 11 is 0. The summed E-state index contributed by atoms with van der Waals surface area (Å²) in [6, 6.07) is 15.6. The Kier molecular flexibility index (Phi) is 13.3. The van der Waals surface area contributed by atoms with Crippen molar-refractivity contribution in [2.45, 2.75) is 13.3 Å². The zero-order valence-electron chi connectivity index (χ0n) is 12.3. The van der Waals surface area contributed by atoms with Gasteiger partial charge in [-0.3, -0.25) is 6.08 Å². The number of allylic oxidation sites excluding steroid dienone is 4. The fourth-order valence-corrected chi connectivity index (χ4v) is 1.90. The molecule has 0 unspecified atom stereocenters. The van der Waals surface area contributed by atoms with Crippen molar-refractivity contribution in [3.63, 3.8) is 0 Å². The molecule has 0 fully saturated rings. The van der Waals surface area contributed by atoms with Crippen LogP contribution in [0, 0.1) is 13.0 Å². The minimum absolute atomic E-state index is 0. The molecule has 116 valence electrons. The van der Waals surface area contributed by atoms with Crippen molar-refractivity contribution in [1.82, 2.24) is 0 Å². The first-order valence-electron chi connectivity index (χ1n) is 6.33. The Morgan fingerprint density at radius 1 is 0.955 bits per heavy atom. The maximum Gasteiger partial charge on any atom is 0.116 e. The molecule has 0 amide bonds. The van der Waals surface area contributed by atoms with Crippen molar-refractivity contribution >= 4 is 24.8 Å². The van der Waals surface area contributed by atoms with Crippen LogP contribution < -0.4 is 0 Å². The maximum absolute atomic E-state index is 9.46. The smallest absolute Gasteiger partial charge is 0.116 e. The molecule has 0 aromatic heterocycles. The molecule has 4 heteroatoms. The average Bonchev–Trinajstić information content (AvgIpc) is 2.98. The molecule has 0 heterocycles. The van der Waals surface area contributed by atoms with E-state index in [9.17, 15) is 5.11 Å². The van der Waals surface area contributed by atoms with Crippen LogP contribution in [0.3, 0.4) is 0 Å². The van der Waals surface area contributed by atoms with Gasteiger partial charge in [0.15, 0.2) is 0 Å². The van der Waals surface area contributed by atoms with E-state index in [0.717, 1.165) is 23.1 Å². The van der Waals surface area contributed by atoms with Gasteiger partial charge in [-0.2, -0.15) is 6.08 Å². The molecular weight excluding hydrogens is 351 g/mol. The standard InChI is InChI=1S/C13H12O.C5H5.2ClH.Ti/c1-10-7-12(9-13(14)8-10)11-5-3-2-4-6-11;1-2-4-5-3-1;;;/h2-9,14H,1H3;1-3H,4H2;2*1H;/q;-1;;;. The van der Waals surface area contributed by atoms with Crippen LogP contribution in [0.2, 0.25) is 0 Å². The molecule has 0 saturated heterocycles. The van der Waals surface area contributed by atoms with Crippen molar-refractivity contribution < 1.29 is 26.8 Å². The Bertz CT molecular complexity index is 565. The zero-order chi connectivity index (χ0) is 13.5. The van der Waals surface area contributed by atoms with Gasteiger partial charge in [-0.1, -0.05) is 36.4 Å². The summed E-state index contributed by atoms with van der Waals surface area (Å²) < 4.78 is 0. The van der Waals surface area contributed by atoms with Crippen LogP contribution in [0.4, 0.5) is 0 Å². The van der Waals surface area contributed by atoms with Crippen molar-refractivity contribution in [3.8, 4) is 16.9 Å². The van der Waals surface area contributed by atoms with Crippen molar-refractivity contribution in [1.29, 1.82) is 0 Å². The molecule has 1 aliphatic rings. The van der Waals surface area contributed by atoms with Crippen molar-refractivity contribution in [3.05, 3.63) is 78.4 Å². The number of rotatable bonds is 1. The number of aromatic hydroxyl groups is 1. The van der Waals surface area contributed by atoms with E-state index in [4.69, 9.17) is 0 Å². The van der Waals surface area contributed by atoms with Crippen molar-refractivity contribution in [2.24, 2.45) is 0 Å². The van der Waals surface area contributed by atoms with Gasteiger partial charge in [-0.15, -0.1) is 31.2 Å². The molecule has 0 spiro atoms. The van der Waals surface area contributed by atoms with Gasteiger partial charge in [-0.05, 0) is 35.7 Å². The molecule has 0 atom stereocenters. The molecule has 3 rings (SSSR count). The number of halogens is 2. The van der Waals surface area contributed by atoms with Crippen LogP contribution in [-0.2, 0) is 21.7 Å². The normalized spacial score (nSPS) is 10.4. The van der Waals surface area contributed by atoms with Crippen LogP contribution >= 0.6 is 24.8 Å². The Morgan fingerprint density at radius 2 is 1.64 bits per heavy atom. The molecule has 0 aliphatic heterocycles. The maximum atomic E-state index is 9.46. The quantitative estimate of drug-likeness (QED) is 0.518. The topological polar surface area (TPSA) is 20.2 Å². The van der Waals surface area contributed by atoms with Gasteiger partial charge in [0.05, 0.1) is 0 Å². The number of hydrogen-bond acceptors (Lipinski definition) is 1. The number of aryl methyl sites for hydroxylation is 1. The zero-order valence-corrected chi connectivity index (χ0v) is 15.5. The fourth-order valence-electron chi connectivity index (χ4n) is 1.90. The van der Waals surface area contributed by atoms with Crippen molar-refractivity contribution in [2.75, 3.05) is 0 Å². The summed E-state index contributed by atoms with van der Waals surface area (Å²) in [4.78, 5) is 0. The van der Waals surface area contributed by atoms with E-state index in [2.05, 4.69) is 18.2 Å². The fraction of sp³-hybridized carbons (Fsp3) is 0.111. The van der Waals surface area contributed by atoms with E-state index >= 15 is 0 Å². The second kappa shape index (κ2) is 12.5. The van der Waals surface area contributed by atoms with Crippen LogP contribution in [0.25, 0.3) is 11.1 Å². The third-order valence-corrected chi connectivity index (χ3v) is 2.76. The predicted molar refractivity (Wildman–Crippen MR) is 94.3 cm³/mol. The summed E-state index contributed by atoms with van der Waals surface area (Å²) in [5.41, 5.74) is 3.26. The summed E-state index contributed by atoms with van der Waals surface area (Å²) in [5.74, 6) is 0.323. The molecule has 1 N–H and O–H groups in total. The minimum Gasteiger partial charge on any atom is -0.508 e. The molecule has 0 radical (unpaired) electrons. The Labute approximate surface area is 159 Å². The van der Waals surface area contributed by atoms with Crippen LogP contribution in [0.1, 0.15) is 12.0 Å². The third kappa shape index (κ3) is 7.86.